The van der Waals surface area contributed by atoms with Gasteiger partial charge in [0.05, 0.1) is 10.8 Å². The summed E-state index contributed by atoms with van der Waals surface area (Å²) in [6, 6.07) is 7.12. The minimum Gasteiger partial charge on any atom is -0.360 e. The molecule has 23 heavy (non-hydrogen) atoms. The van der Waals surface area contributed by atoms with Gasteiger partial charge in [-0.3, -0.25) is 0 Å². The highest BCUT2D eigenvalue weighted by Crippen LogP contribution is 2.31. The molecule has 0 saturated heterocycles. The maximum Gasteiger partial charge on any atom is 0.191 e. The number of nitrogens with zero attached hydrogens (tertiary/aromatic N) is 4. The van der Waals surface area contributed by atoms with Crippen LogP contribution in [-0.4, -0.2) is 19.9 Å². The molecule has 0 aliphatic rings. The monoisotopic (exact) mass is 366 g/mol. The Bertz CT molecular complexity index is 831. The minimum absolute atomic E-state index is 0.538. The van der Waals surface area contributed by atoms with E-state index in [1.54, 1.807) is 24.5 Å². The molecule has 3 rings (SSSR count). The Hall–Kier alpha value is -1.76. The molecule has 2 heterocycles. The van der Waals surface area contributed by atoms with E-state index in [9.17, 15) is 0 Å². The van der Waals surface area contributed by atoms with E-state index in [1.807, 2.05) is 16.7 Å². The molecule has 8 heteroatoms. The van der Waals surface area contributed by atoms with Crippen LogP contribution in [0.4, 0.5) is 0 Å². The van der Waals surface area contributed by atoms with Crippen molar-refractivity contribution < 1.29 is 4.52 Å². The van der Waals surface area contributed by atoms with Crippen molar-refractivity contribution in [3.05, 3.63) is 59.1 Å². The molecule has 118 valence electrons. The highest BCUT2D eigenvalue weighted by Gasteiger charge is 2.12. The quantitative estimate of drug-likeness (QED) is 0.466. The van der Waals surface area contributed by atoms with Gasteiger partial charge in [-0.05, 0) is 18.2 Å². The molecule has 0 saturated carbocycles. The molecule has 0 atom stereocenters. The molecule has 0 unspecified atom stereocenters. The van der Waals surface area contributed by atoms with Gasteiger partial charge in [0.25, 0.3) is 0 Å². The van der Waals surface area contributed by atoms with Crippen molar-refractivity contribution in [2.45, 2.75) is 17.5 Å². The van der Waals surface area contributed by atoms with Crippen molar-refractivity contribution in [1.82, 2.24) is 19.9 Å². The third kappa shape index (κ3) is 3.77. The Kier molecular flexibility index (Phi) is 5.05. The first-order valence-electron chi connectivity index (χ1n) is 6.70. The highest BCUT2D eigenvalue weighted by atomic mass is 35.5. The summed E-state index contributed by atoms with van der Waals surface area (Å²) in [7, 11) is 0. The van der Waals surface area contributed by atoms with Gasteiger partial charge < -0.3 is 9.09 Å². The topological polar surface area (TPSA) is 56.7 Å². The summed E-state index contributed by atoms with van der Waals surface area (Å²) < 4.78 is 7.27. The smallest absolute Gasteiger partial charge is 0.191 e. The molecule has 0 aliphatic carbocycles. The number of allylic oxidation sites excluding steroid dienone is 1. The van der Waals surface area contributed by atoms with Crippen molar-refractivity contribution in [3.8, 4) is 11.3 Å². The third-order valence-electron chi connectivity index (χ3n) is 3.02. The van der Waals surface area contributed by atoms with E-state index < -0.39 is 0 Å². The first-order valence-corrected chi connectivity index (χ1v) is 8.44. The molecule has 0 bridgehead atoms. The summed E-state index contributed by atoms with van der Waals surface area (Å²) in [5.74, 6) is 1.32. The van der Waals surface area contributed by atoms with E-state index >= 15 is 0 Å². The molecule has 0 spiro atoms. The maximum absolute atomic E-state index is 6.18. The van der Waals surface area contributed by atoms with Crippen LogP contribution in [0.25, 0.3) is 11.3 Å². The third-order valence-corrected chi connectivity index (χ3v) is 4.57. The summed E-state index contributed by atoms with van der Waals surface area (Å²) in [6.07, 6.45) is 3.46. The fourth-order valence-electron chi connectivity index (χ4n) is 1.96. The minimum atomic E-state index is 0.538. The standard InChI is InChI=1S/C15H12Cl2N4OS/c1-2-5-21-9-18-19-15(21)23-8-11-7-14(20-22-11)12-4-3-10(16)6-13(12)17/h2-4,6-7,9H,1,5,8H2. The molecule has 3 aromatic rings. The maximum atomic E-state index is 6.18. The zero-order valence-electron chi connectivity index (χ0n) is 11.9. The second kappa shape index (κ2) is 7.21. The van der Waals surface area contributed by atoms with Crippen LogP contribution in [0.1, 0.15) is 5.76 Å². The van der Waals surface area contributed by atoms with Crippen molar-refractivity contribution in [1.29, 1.82) is 0 Å². The van der Waals surface area contributed by atoms with Gasteiger partial charge in [0.2, 0.25) is 0 Å². The van der Waals surface area contributed by atoms with Crippen LogP contribution in [-0.2, 0) is 12.3 Å². The molecular weight excluding hydrogens is 355 g/mol. The van der Waals surface area contributed by atoms with Crippen LogP contribution in [0.3, 0.4) is 0 Å². The molecule has 0 radical (unpaired) electrons. The van der Waals surface area contributed by atoms with Gasteiger partial charge in [0.15, 0.2) is 5.16 Å². The molecule has 0 aliphatic heterocycles. The summed E-state index contributed by atoms with van der Waals surface area (Å²) in [5.41, 5.74) is 1.46. The van der Waals surface area contributed by atoms with E-state index in [0.717, 1.165) is 16.5 Å². The fourth-order valence-corrected chi connectivity index (χ4v) is 3.27. The Morgan fingerprint density at radius 2 is 2.17 bits per heavy atom. The number of rotatable bonds is 6. The Morgan fingerprint density at radius 1 is 1.30 bits per heavy atom. The predicted octanol–water partition coefficient (Wildman–Crippen LogP) is 4.72. The molecule has 0 fully saturated rings. The average molecular weight is 367 g/mol. The van der Waals surface area contributed by atoms with Crippen LogP contribution in [0.15, 0.2) is 52.9 Å². The van der Waals surface area contributed by atoms with Crippen LogP contribution >= 0.6 is 35.0 Å². The van der Waals surface area contributed by atoms with Gasteiger partial charge >= 0.3 is 0 Å². The second-order valence-electron chi connectivity index (χ2n) is 4.65. The normalized spacial score (nSPS) is 10.9. The van der Waals surface area contributed by atoms with Crippen LogP contribution in [0.2, 0.25) is 10.0 Å². The molecule has 0 N–H and O–H groups in total. The van der Waals surface area contributed by atoms with Gasteiger partial charge in [-0.15, -0.1) is 16.8 Å². The molecule has 0 amide bonds. The van der Waals surface area contributed by atoms with Gasteiger partial charge in [-0.25, -0.2) is 0 Å². The number of hydrogen-bond donors (Lipinski definition) is 0. The second-order valence-corrected chi connectivity index (χ2v) is 6.43. The molecule has 2 aromatic heterocycles. The van der Waals surface area contributed by atoms with E-state index in [0.29, 0.717) is 28.0 Å². The van der Waals surface area contributed by atoms with Crippen LogP contribution in [0.5, 0.6) is 0 Å². The van der Waals surface area contributed by atoms with Gasteiger partial charge in [0.1, 0.15) is 17.8 Å². The van der Waals surface area contributed by atoms with Gasteiger partial charge in [-0.2, -0.15) is 0 Å². The molecular formula is C15H12Cl2N4OS. The van der Waals surface area contributed by atoms with E-state index in [2.05, 4.69) is 21.9 Å². The fraction of sp³-hybridized carbons (Fsp3) is 0.133. The molecule has 1 aromatic carbocycles. The number of aromatic nitrogens is 4. The van der Waals surface area contributed by atoms with E-state index in [4.69, 9.17) is 27.7 Å². The van der Waals surface area contributed by atoms with Crippen molar-refractivity contribution >= 4 is 35.0 Å². The predicted molar refractivity (Wildman–Crippen MR) is 91.7 cm³/mol. The van der Waals surface area contributed by atoms with Crippen molar-refractivity contribution in [3.63, 3.8) is 0 Å². The number of halogens is 2. The largest absolute Gasteiger partial charge is 0.360 e. The van der Waals surface area contributed by atoms with Gasteiger partial charge in [-0.1, -0.05) is 46.2 Å². The van der Waals surface area contributed by atoms with Crippen molar-refractivity contribution in [2.75, 3.05) is 0 Å². The zero-order valence-corrected chi connectivity index (χ0v) is 14.3. The van der Waals surface area contributed by atoms with Crippen LogP contribution in [0, 0.1) is 0 Å². The first kappa shape index (κ1) is 16.1. The van der Waals surface area contributed by atoms with Crippen molar-refractivity contribution in [2.24, 2.45) is 0 Å². The van der Waals surface area contributed by atoms with E-state index in [-0.39, 0.29) is 0 Å². The lowest BCUT2D eigenvalue weighted by molar-refractivity contribution is 0.397. The first-order chi connectivity index (χ1) is 11.2. The Balaban J connectivity index is 1.72. The summed E-state index contributed by atoms with van der Waals surface area (Å²) >= 11 is 13.6. The average Bonchev–Trinajstić information content (AvgIpc) is 3.15. The van der Waals surface area contributed by atoms with Crippen LogP contribution < -0.4 is 0 Å². The zero-order chi connectivity index (χ0) is 16.2. The number of benzene rings is 1. The lowest BCUT2D eigenvalue weighted by Gasteiger charge is -2.00. The Labute approximate surface area is 147 Å². The SMILES string of the molecule is C=CCn1cnnc1SCc1cc(-c2ccc(Cl)cc2Cl)no1. The lowest BCUT2D eigenvalue weighted by atomic mass is 10.1. The highest BCUT2D eigenvalue weighted by molar-refractivity contribution is 7.98. The number of thioether (sulfide) groups is 1. The number of hydrogen-bond acceptors (Lipinski definition) is 5. The summed E-state index contributed by atoms with van der Waals surface area (Å²) in [6.45, 7) is 4.37. The van der Waals surface area contributed by atoms with E-state index in [1.165, 1.54) is 11.8 Å². The lowest BCUT2D eigenvalue weighted by Crippen LogP contribution is -1.95. The Morgan fingerprint density at radius 3 is 2.96 bits per heavy atom. The summed E-state index contributed by atoms with van der Waals surface area (Å²) in [5, 5.41) is 13.9. The summed E-state index contributed by atoms with van der Waals surface area (Å²) in [4.78, 5) is 0. The van der Waals surface area contributed by atoms with Gasteiger partial charge in [0, 0.05) is 23.2 Å². The molecule has 5 nitrogen and oxygen atoms in total.